The predicted octanol–water partition coefficient (Wildman–Crippen LogP) is 3.54. The third-order valence-electron chi connectivity index (χ3n) is 2.54. The van der Waals surface area contributed by atoms with Crippen LogP contribution >= 0.6 is 11.6 Å². The molecule has 3 heteroatoms. The summed E-state index contributed by atoms with van der Waals surface area (Å²) in [5.41, 5.74) is 3.08. The van der Waals surface area contributed by atoms with E-state index < -0.39 is 5.97 Å². The maximum Gasteiger partial charge on any atom is 0.303 e. The average Bonchev–Trinajstić information content (AvgIpc) is 2.09. The van der Waals surface area contributed by atoms with Gasteiger partial charge in [-0.2, -0.15) is 0 Å². The van der Waals surface area contributed by atoms with Crippen LogP contribution in [0.1, 0.15) is 36.0 Å². The molecule has 1 aromatic carbocycles. The second kappa shape index (κ2) is 4.67. The van der Waals surface area contributed by atoms with E-state index >= 15 is 0 Å². The number of carboxylic acid groups (broad SMARTS) is 1. The zero-order valence-corrected chi connectivity index (χ0v) is 9.93. The van der Waals surface area contributed by atoms with E-state index in [1.54, 1.807) is 0 Å². The third kappa shape index (κ3) is 2.96. The Hall–Kier alpha value is -1.02. The number of hydrogen-bond donors (Lipinski definition) is 1. The molecule has 0 radical (unpaired) electrons. The highest BCUT2D eigenvalue weighted by Crippen LogP contribution is 2.28. The van der Waals surface area contributed by atoms with Crippen molar-refractivity contribution in [2.45, 2.75) is 33.1 Å². The summed E-state index contributed by atoms with van der Waals surface area (Å²) in [4.78, 5) is 10.6. The summed E-state index contributed by atoms with van der Waals surface area (Å²) in [6.45, 7) is 5.80. The van der Waals surface area contributed by atoms with Crippen molar-refractivity contribution in [3.05, 3.63) is 33.8 Å². The van der Waals surface area contributed by atoms with Crippen LogP contribution in [-0.2, 0) is 4.79 Å². The first-order valence-corrected chi connectivity index (χ1v) is 5.28. The van der Waals surface area contributed by atoms with Crippen molar-refractivity contribution in [1.29, 1.82) is 0 Å². The Morgan fingerprint density at radius 3 is 2.60 bits per heavy atom. The molecule has 0 saturated carbocycles. The van der Waals surface area contributed by atoms with Crippen LogP contribution in [0.25, 0.3) is 0 Å². The van der Waals surface area contributed by atoms with Gasteiger partial charge in [0.25, 0.3) is 0 Å². The summed E-state index contributed by atoms with van der Waals surface area (Å²) in [6, 6.07) is 3.91. The standard InChI is InChI=1S/C12H15ClO2/c1-7-4-10(8(2)6-12(14)15)9(3)11(13)5-7/h4-5,8H,6H2,1-3H3,(H,14,15). The summed E-state index contributed by atoms with van der Waals surface area (Å²) < 4.78 is 0. The minimum absolute atomic E-state index is 0.0000926. The maximum atomic E-state index is 10.6. The van der Waals surface area contributed by atoms with Crippen LogP contribution in [0.2, 0.25) is 5.02 Å². The highest BCUT2D eigenvalue weighted by atomic mass is 35.5. The normalized spacial score (nSPS) is 12.5. The van der Waals surface area contributed by atoms with Gasteiger partial charge in [0, 0.05) is 5.02 Å². The minimum atomic E-state index is -0.778. The average molecular weight is 227 g/mol. The van der Waals surface area contributed by atoms with E-state index in [0.29, 0.717) is 5.02 Å². The van der Waals surface area contributed by atoms with E-state index in [-0.39, 0.29) is 12.3 Å². The number of benzene rings is 1. The number of rotatable bonds is 3. The lowest BCUT2D eigenvalue weighted by Crippen LogP contribution is -2.05. The number of carboxylic acids is 1. The van der Waals surface area contributed by atoms with E-state index in [0.717, 1.165) is 16.7 Å². The summed E-state index contributed by atoms with van der Waals surface area (Å²) in [7, 11) is 0. The summed E-state index contributed by atoms with van der Waals surface area (Å²) >= 11 is 6.05. The molecule has 1 unspecified atom stereocenters. The van der Waals surface area contributed by atoms with Gasteiger partial charge in [-0.1, -0.05) is 24.6 Å². The molecule has 1 aromatic rings. The van der Waals surface area contributed by atoms with Gasteiger partial charge >= 0.3 is 5.97 Å². The predicted molar refractivity (Wildman–Crippen MR) is 61.6 cm³/mol. The van der Waals surface area contributed by atoms with Crippen LogP contribution in [-0.4, -0.2) is 11.1 Å². The third-order valence-corrected chi connectivity index (χ3v) is 2.93. The van der Waals surface area contributed by atoms with Crippen LogP contribution in [0.5, 0.6) is 0 Å². The van der Waals surface area contributed by atoms with Gasteiger partial charge in [0.05, 0.1) is 6.42 Å². The lowest BCUT2D eigenvalue weighted by atomic mass is 9.92. The molecule has 1 atom stereocenters. The van der Waals surface area contributed by atoms with Gasteiger partial charge in [-0.3, -0.25) is 4.79 Å². The van der Waals surface area contributed by atoms with E-state index in [4.69, 9.17) is 16.7 Å². The van der Waals surface area contributed by atoms with Crippen LogP contribution in [0.4, 0.5) is 0 Å². The lowest BCUT2D eigenvalue weighted by Gasteiger charge is -2.14. The number of aliphatic carboxylic acids is 1. The van der Waals surface area contributed by atoms with Crippen molar-refractivity contribution in [2.24, 2.45) is 0 Å². The summed E-state index contributed by atoms with van der Waals surface area (Å²) in [5.74, 6) is -0.778. The first-order chi connectivity index (χ1) is 6.91. The smallest absolute Gasteiger partial charge is 0.303 e. The first-order valence-electron chi connectivity index (χ1n) is 4.90. The summed E-state index contributed by atoms with van der Waals surface area (Å²) in [5, 5.41) is 9.45. The fourth-order valence-electron chi connectivity index (χ4n) is 1.72. The van der Waals surface area contributed by atoms with Crippen molar-refractivity contribution in [1.82, 2.24) is 0 Å². The van der Waals surface area contributed by atoms with E-state index in [2.05, 4.69) is 0 Å². The fourth-order valence-corrected chi connectivity index (χ4v) is 2.01. The molecule has 15 heavy (non-hydrogen) atoms. The van der Waals surface area contributed by atoms with Gasteiger partial charge in [0.15, 0.2) is 0 Å². The topological polar surface area (TPSA) is 37.3 Å². The van der Waals surface area contributed by atoms with Gasteiger partial charge in [-0.15, -0.1) is 0 Å². The zero-order chi connectivity index (χ0) is 11.6. The molecule has 0 aliphatic carbocycles. The Morgan fingerprint density at radius 1 is 1.47 bits per heavy atom. The minimum Gasteiger partial charge on any atom is -0.481 e. The van der Waals surface area contributed by atoms with Crippen LogP contribution in [0.15, 0.2) is 12.1 Å². The Kier molecular flexibility index (Phi) is 3.75. The monoisotopic (exact) mass is 226 g/mol. The molecule has 0 saturated heterocycles. The van der Waals surface area contributed by atoms with Gasteiger partial charge in [-0.25, -0.2) is 0 Å². The quantitative estimate of drug-likeness (QED) is 0.856. The second-order valence-electron chi connectivity index (χ2n) is 3.96. The number of halogens is 1. The Labute approximate surface area is 94.9 Å². The molecule has 1 N–H and O–H groups in total. The van der Waals surface area contributed by atoms with Gasteiger partial charge in [0.2, 0.25) is 0 Å². The van der Waals surface area contributed by atoms with E-state index in [1.165, 1.54) is 0 Å². The molecule has 0 fully saturated rings. The zero-order valence-electron chi connectivity index (χ0n) is 9.17. The Balaban J connectivity index is 3.07. The Morgan fingerprint density at radius 2 is 2.07 bits per heavy atom. The molecular formula is C12H15ClO2. The Bertz CT molecular complexity index is 385. The van der Waals surface area contributed by atoms with Crippen molar-refractivity contribution < 1.29 is 9.90 Å². The SMILES string of the molecule is Cc1cc(Cl)c(C)c(C(C)CC(=O)O)c1. The van der Waals surface area contributed by atoms with Crippen LogP contribution in [0, 0.1) is 13.8 Å². The molecule has 0 aliphatic heterocycles. The highest BCUT2D eigenvalue weighted by molar-refractivity contribution is 6.31. The van der Waals surface area contributed by atoms with Crippen molar-refractivity contribution >= 4 is 17.6 Å². The molecule has 0 spiro atoms. The lowest BCUT2D eigenvalue weighted by molar-refractivity contribution is -0.137. The fraction of sp³-hybridized carbons (Fsp3) is 0.417. The van der Waals surface area contributed by atoms with E-state index in [9.17, 15) is 4.79 Å². The summed E-state index contributed by atoms with van der Waals surface area (Å²) in [6.07, 6.45) is 0.140. The highest BCUT2D eigenvalue weighted by Gasteiger charge is 2.14. The van der Waals surface area contributed by atoms with E-state index in [1.807, 2.05) is 32.9 Å². The molecule has 0 amide bonds. The molecule has 0 bridgehead atoms. The van der Waals surface area contributed by atoms with Crippen molar-refractivity contribution in [2.75, 3.05) is 0 Å². The van der Waals surface area contributed by atoms with Crippen LogP contribution in [0.3, 0.4) is 0 Å². The molecular weight excluding hydrogens is 212 g/mol. The molecule has 1 rings (SSSR count). The van der Waals surface area contributed by atoms with Crippen molar-refractivity contribution in [3.63, 3.8) is 0 Å². The van der Waals surface area contributed by atoms with Gasteiger partial charge in [0.1, 0.15) is 0 Å². The largest absolute Gasteiger partial charge is 0.481 e. The van der Waals surface area contributed by atoms with Crippen LogP contribution < -0.4 is 0 Å². The second-order valence-corrected chi connectivity index (χ2v) is 4.37. The maximum absolute atomic E-state index is 10.6. The number of carbonyl (C=O) groups is 1. The molecule has 0 heterocycles. The van der Waals surface area contributed by atoms with Gasteiger partial charge in [-0.05, 0) is 42.5 Å². The first kappa shape index (κ1) is 12.1. The molecule has 0 aromatic heterocycles. The molecule has 0 aliphatic rings. The van der Waals surface area contributed by atoms with Gasteiger partial charge < -0.3 is 5.11 Å². The van der Waals surface area contributed by atoms with Crippen molar-refractivity contribution in [3.8, 4) is 0 Å². The number of hydrogen-bond acceptors (Lipinski definition) is 1. The molecule has 2 nitrogen and oxygen atoms in total. The molecule has 82 valence electrons. The number of aryl methyl sites for hydroxylation is 1.